The fourth-order valence-electron chi connectivity index (χ4n) is 4.57. The van der Waals surface area contributed by atoms with Gasteiger partial charge in [0.05, 0.1) is 18.9 Å². The quantitative estimate of drug-likeness (QED) is 0.659. The number of carbonyl (C=O) groups excluding carboxylic acids is 3. The lowest BCUT2D eigenvalue weighted by molar-refractivity contribution is -0.154. The summed E-state index contributed by atoms with van der Waals surface area (Å²) in [4.78, 5) is 39.5. The molecule has 0 aliphatic carbocycles. The number of amides is 2. The van der Waals surface area contributed by atoms with E-state index in [0.717, 1.165) is 21.6 Å². The lowest BCUT2D eigenvalue weighted by Crippen LogP contribution is -2.55. The maximum atomic E-state index is 12.9. The van der Waals surface area contributed by atoms with Crippen molar-refractivity contribution in [3.63, 3.8) is 0 Å². The number of imide groups is 1. The molecule has 2 aliphatic heterocycles. The van der Waals surface area contributed by atoms with Crippen molar-refractivity contribution in [2.75, 3.05) is 14.2 Å². The van der Waals surface area contributed by atoms with E-state index in [4.69, 9.17) is 4.74 Å². The van der Waals surface area contributed by atoms with Gasteiger partial charge in [-0.15, -0.1) is 0 Å². The molecule has 3 rings (SSSR count). The van der Waals surface area contributed by atoms with Gasteiger partial charge in [-0.05, 0) is 49.4 Å². The lowest BCUT2D eigenvalue weighted by atomic mass is 9.77. The molecule has 4 atom stereocenters. The predicted molar refractivity (Wildman–Crippen MR) is 96.3 cm³/mol. The van der Waals surface area contributed by atoms with Gasteiger partial charge in [-0.3, -0.25) is 24.6 Å². The Labute approximate surface area is 153 Å². The molecule has 0 aromatic heterocycles. The standard InChI is InChI=1S/C20H26N2O4/c1-7-20(19(25)26-6)15-14(17(23)22(5)18(15)24)16(21-20)13-9-11(3)10(2)8-12(13)4/h8-9,14-16,21H,7H2,1-6H3/t14-,15-,16-,20-/m1/s1. The highest BCUT2D eigenvalue weighted by Crippen LogP contribution is 2.50. The molecule has 0 bridgehead atoms. The first kappa shape index (κ1) is 18.6. The molecule has 1 N–H and O–H groups in total. The predicted octanol–water partition coefficient (Wildman–Crippen LogP) is 1.81. The van der Waals surface area contributed by atoms with Gasteiger partial charge < -0.3 is 4.74 Å². The van der Waals surface area contributed by atoms with Gasteiger partial charge in [0.25, 0.3) is 0 Å². The van der Waals surface area contributed by atoms with Gasteiger partial charge in [-0.2, -0.15) is 0 Å². The molecule has 140 valence electrons. The summed E-state index contributed by atoms with van der Waals surface area (Å²) in [6.07, 6.45) is 0.369. The van der Waals surface area contributed by atoms with Crippen LogP contribution in [0.3, 0.4) is 0 Å². The van der Waals surface area contributed by atoms with Gasteiger partial charge in [0, 0.05) is 13.1 Å². The number of rotatable bonds is 3. The van der Waals surface area contributed by atoms with E-state index in [2.05, 4.69) is 17.4 Å². The zero-order valence-corrected chi connectivity index (χ0v) is 16.2. The molecule has 0 radical (unpaired) electrons. The van der Waals surface area contributed by atoms with Crippen LogP contribution in [0, 0.1) is 32.6 Å². The number of ether oxygens (including phenoxy) is 1. The van der Waals surface area contributed by atoms with E-state index in [1.807, 2.05) is 27.7 Å². The normalized spacial score (nSPS) is 30.7. The summed E-state index contributed by atoms with van der Waals surface area (Å²) in [6.45, 7) is 7.89. The second-order valence-corrected chi connectivity index (χ2v) is 7.47. The van der Waals surface area contributed by atoms with Crippen molar-refractivity contribution in [3.05, 3.63) is 34.4 Å². The van der Waals surface area contributed by atoms with Crippen molar-refractivity contribution in [1.82, 2.24) is 10.2 Å². The fraction of sp³-hybridized carbons (Fsp3) is 0.550. The first-order valence-electron chi connectivity index (χ1n) is 8.94. The average Bonchev–Trinajstić information content (AvgIpc) is 3.08. The summed E-state index contributed by atoms with van der Waals surface area (Å²) < 4.78 is 5.03. The number of carbonyl (C=O) groups is 3. The number of hydrogen-bond donors (Lipinski definition) is 1. The van der Waals surface area contributed by atoms with Crippen molar-refractivity contribution in [2.24, 2.45) is 11.8 Å². The summed E-state index contributed by atoms with van der Waals surface area (Å²) in [5, 5.41) is 3.35. The van der Waals surface area contributed by atoms with Gasteiger partial charge in [-0.1, -0.05) is 19.1 Å². The van der Waals surface area contributed by atoms with Crippen LogP contribution in [0.2, 0.25) is 0 Å². The Kier molecular flexibility index (Phi) is 4.43. The molecule has 0 unspecified atom stereocenters. The van der Waals surface area contributed by atoms with Crippen LogP contribution in [-0.2, 0) is 19.1 Å². The Balaban J connectivity index is 2.19. The molecule has 2 heterocycles. The topological polar surface area (TPSA) is 75.7 Å². The number of benzene rings is 1. The SMILES string of the molecule is CC[C@@]1(C(=O)OC)N[C@H](c2cc(C)c(C)cc2C)[C@@H]2C(=O)N(C)C(=O)[C@@H]21. The maximum absolute atomic E-state index is 12.9. The molecule has 2 fully saturated rings. The molecular weight excluding hydrogens is 332 g/mol. The molecule has 2 aliphatic rings. The number of likely N-dealkylation sites (tertiary alicyclic amines) is 1. The minimum absolute atomic E-state index is 0.241. The van der Waals surface area contributed by atoms with E-state index < -0.39 is 29.4 Å². The van der Waals surface area contributed by atoms with Crippen LogP contribution in [0.15, 0.2) is 12.1 Å². The number of methoxy groups -OCH3 is 1. The third kappa shape index (κ3) is 2.31. The van der Waals surface area contributed by atoms with Gasteiger partial charge in [0.1, 0.15) is 5.54 Å². The van der Waals surface area contributed by atoms with Crippen molar-refractivity contribution < 1.29 is 19.1 Å². The van der Waals surface area contributed by atoms with Gasteiger partial charge in [-0.25, -0.2) is 0 Å². The third-order valence-electron chi connectivity index (χ3n) is 6.20. The molecule has 0 saturated carbocycles. The van der Waals surface area contributed by atoms with Gasteiger partial charge in [0.15, 0.2) is 0 Å². The maximum Gasteiger partial charge on any atom is 0.326 e. The second-order valence-electron chi connectivity index (χ2n) is 7.47. The first-order valence-corrected chi connectivity index (χ1v) is 8.94. The molecule has 0 spiro atoms. The molecule has 2 saturated heterocycles. The highest BCUT2D eigenvalue weighted by atomic mass is 16.5. The fourth-order valence-corrected chi connectivity index (χ4v) is 4.57. The number of nitrogens with zero attached hydrogens (tertiary/aromatic N) is 1. The van der Waals surface area contributed by atoms with E-state index in [0.29, 0.717) is 6.42 Å². The van der Waals surface area contributed by atoms with Crippen LogP contribution >= 0.6 is 0 Å². The molecule has 6 heteroatoms. The van der Waals surface area contributed by atoms with E-state index >= 15 is 0 Å². The number of nitrogens with one attached hydrogen (secondary N) is 1. The number of fused-ring (bicyclic) bond motifs is 1. The Morgan fingerprint density at radius 1 is 1.15 bits per heavy atom. The average molecular weight is 358 g/mol. The van der Waals surface area contributed by atoms with Crippen LogP contribution in [0.25, 0.3) is 0 Å². The summed E-state index contributed by atoms with van der Waals surface area (Å²) >= 11 is 0. The highest BCUT2D eigenvalue weighted by molar-refractivity contribution is 6.09. The Morgan fingerprint density at radius 3 is 2.35 bits per heavy atom. The molecule has 26 heavy (non-hydrogen) atoms. The number of aryl methyl sites for hydroxylation is 3. The van der Waals surface area contributed by atoms with Crippen LogP contribution in [0.1, 0.15) is 41.6 Å². The second kappa shape index (κ2) is 6.20. The summed E-state index contributed by atoms with van der Waals surface area (Å²) in [6, 6.07) is 3.73. The lowest BCUT2D eigenvalue weighted by Gasteiger charge is -2.31. The van der Waals surface area contributed by atoms with E-state index in [9.17, 15) is 14.4 Å². The molecule has 6 nitrogen and oxygen atoms in total. The van der Waals surface area contributed by atoms with Crippen molar-refractivity contribution in [2.45, 2.75) is 45.7 Å². The minimum Gasteiger partial charge on any atom is -0.468 e. The van der Waals surface area contributed by atoms with Crippen molar-refractivity contribution in [1.29, 1.82) is 0 Å². The Hall–Kier alpha value is -2.21. The number of hydrogen-bond acceptors (Lipinski definition) is 5. The summed E-state index contributed by atoms with van der Waals surface area (Å²) in [5.41, 5.74) is 3.09. The monoisotopic (exact) mass is 358 g/mol. The third-order valence-corrected chi connectivity index (χ3v) is 6.20. The largest absolute Gasteiger partial charge is 0.468 e. The van der Waals surface area contributed by atoms with E-state index in [-0.39, 0.29) is 11.8 Å². The minimum atomic E-state index is -1.19. The van der Waals surface area contributed by atoms with Crippen LogP contribution in [0.4, 0.5) is 0 Å². The van der Waals surface area contributed by atoms with Crippen LogP contribution < -0.4 is 5.32 Å². The zero-order chi connectivity index (χ0) is 19.4. The van der Waals surface area contributed by atoms with E-state index in [1.54, 1.807) is 0 Å². The highest BCUT2D eigenvalue weighted by Gasteiger charge is 2.67. The number of esters is 1. The van der Waals surface area contributed by atoms with Gasteiger partial charge >= 0.3 is 5.97 Å². The molecule has 1 aromatic rings. The molecule has 1 aromatic carbocycles. The first-order chi connectivity index (χ1) is 12.2. The van der Waals surface area contributed by atoms with Crippen molar-refractivity contribution in [3.8, 4) is 0 Å². The molecule has 2 amide bonds. The summed E-state index contributed by atoms with van der Waals surface area (Å²) in [7, 11) is 2.81. The Morgan fingerprint density at radius 2 is 1.77 bits per heavy atom. The van der Waals surface area contributed by atoms with Crippen molar-refractivity contribution >= 4 is 17.8 Å². The van der Waals surface area contributed by atoms with Crippen LogP contribution in [0.5, 0.6) is 0 Å². The van der Waals surface area contributed by atoms with Crippen LogP contribution in [-0.4, -0.2) is 42.4 Å². The summed E-state index contributed by atoms with van der Waals surface area (Å²) in [5.74, 6) is -2.40. The molecular formula is C20H26N2O4. The smallest absolute Gasteiger partial charge is 0.326 e. The van der Waals surface area contributed by atoms with E-state index in [1.165, 1.54) is 19.7 Å². The van der Waals surface area contributed by atoms with Gasteiger partial charge in [0.2, 0.25) is 11.8 Å². The zero-order valence-electron chi connectivity index (χ0n) is 16.2. The Bertz CT molecular complexity index is 803.